The van der Waals surface area contributed by atoms with Gasteiger partial charge in [0.1, 0.15) is 17.8 Å². The molecule has 1 atom stereocenters. The van der Waals surface area contributed by atoms with Gasteiger partial charge in [-0.3, -0.25) is 9.69 Å². The molecule has 4 aromatic rings. The van der Waals surface area contributed by atoms with Crippen molar-refractivity contribution in [1.82, 2.24) is 0 Å². The lowest BCUT2D eigenvalue weighted by molar-refractivity contribution is -0.103. The molecule has 53 heavy (non-hydrogen) atoms. The number of nitrogens with zero attached hydrogens (tertiary/aromatic N) is 1. The molecule has 2 aliphatic heterocycles. The number of carbonyl (C=O) groups excluding carboxylic acids is 1. The van der Waals surface area contributed by atoms with Gasteiger partial charge in [0, 0.05) is 33.5 Å². The van der Waals surface area contributed by atoms with Gasteiger partial charge < -0.3 is 24.6 Å². The summed E-state index contributed by atoms with van der Waals surface area (Å²) in [6, 6.07) is 27.7. The molecule has 0 aliphatic carbocycles. The molecule has 2 aliphatic rings. The first-order valence-electron chi connectivity index (χ1n) is 17.8. The first kappa shape index (κ1) is 38.6. The number of anilines is 2. The van der Waals surface area contributed by atoms with Crippen LogP contribution in [0.2, 0.25) is 0 Å². The number of benzene rings is 4. The lowest BCUT2D eigenvalue weighted by atomic mass is 9.83. The number of aldehydes is 1. The molecule has 0 fully saturated rings. The van der Waals surface area contributed by atoms with E-state index in [9.17, 15) is 14.7 Å². The fourth-order valence-electron chi connectivity index (χ4n) is 7.13. The maximum Gasteiger partial charge on any atom is 0.412 e. The summed E-state index contributed by atoms with van der Waals surface area (Å²) in [6.45, 7) is 16.7. The molecule has 0 aromatic heterocycles. The van der Waals surface area contributed by atoms with Crippen molar-refractivity contribution in [2.24, 2.45) is 5.92 Å². The summed E-state index contributed by atoms with van der Waals surface area (Å²) in [4.78, 5) is 24.6. The first-order valence-corrected chi connectivity index (χ1v) is 17.8. The van der Waals surface area contributed by atoms with Gasteiger partial charge >= 0.3 is 6.09 Å². The summed E-state index contributed by atoms with van der Waals surface area (Å²) in [5.74, 6) is 1.94. The topological polar surface area (TPSA) is 97.3 Å². The van der Waals surface area contributed by atoms with E-state index >= 15 is 0 Å². The molecule has 0 radical (unpaired) electrons. The summed E-state index contributed by atoms with van der Waals surface area (Å²) in [7, 11) is 3.31. The van der Waals surface area contributed by atoms with Crippen LogP contribution in [0.3, 0.4) is 0 Å². The van der Waals surface area contributed by atoms with Crippen LogP contribution in [0.15, 0.2) is 110 Å². The van der Waals surface area contributed by atoms with E-state index in [1.54, 1.807) is 40.2 Å². The summed E-state index contributed by atoms with van der Waals surface area (Å²) >= 11 is 0. The Hall–Kier alpha value is -5.60. The van der Waals surface area contributed by atoms with E-state index in [-0.39, 0.29) is 11.6 Å². The fourth-order valence-corrected chi connectivity index (χ4v) is 7.13. The maximum absolute atomic E-state index is 11.8. The normalized spacial score (nSPS) is 15.6. The Morgan fingerprint density at radius 1 is 0.830 bits per heavy atom. The van der Waals surface area contributed by atoms with E-state index in [2.05, 4.69) is 69.9 Å². The number of hydrogen-bond acceptors (Lipinski definition) is 6. The minimum absolute atomic E-state index is 0.00560. The van der Waals surface area contributed by atoms with Crippen molar-refractivity contribution in [3.05, 3.63) is 121 Å². The van der Waals surface area contributed by atoms with Gasteiger partial charge in [-0.1, -0.05) is 74.5 Å². The van der Waals surface area contributed by atoms with Crippen LogP contribution in [0.4, 0.5) is 16.2 Å². The first-order chi connectivity index (χ1) is 25.2. The zero-order chi connectivity index (χ0) is 38.5. The summed E-state index contributed by atoms with van der Waals surface area (Å²) in [5.41, 5.74) is 8.14. The average Bonchev–Trinajstić information content (AvgIpc) is 3.13. The number of nitrogens with one attached hydrogen (secondary N) is 1. The van der Waals surface area contributed by atoms with Crippen molar-refractivity contribution in [2.75, 3.05) is 31.0 Å². The van der Waals surface area contributed by atoms with Crippen LogP contribution in [-0.2, 0) is 9.53 Å². The van der Waals surface area contributed by atoms with Crippen LogP contribution < -0.4 is 19.7 Å². The molecule has 0 bridgehead atoms. The molecule has 1 amide bonds. The number of ether oxygens (including phenoxy) is 3. The Bertz CT molecular complexity index is 2060. The van der Waals surface area contributed by atoms with E-state index in [1.807, 2.05) is 60.7 Å². The predicted molar refractivity (Wildman–Crippen MR) is 216 cm³/mol. The highest BCUT2D eigenvalue weighted by molar-refractivity contribution is 6.13. The molecule has 0 spiro atoms. The third-order valence-corrected chi connectivity index (χ3v) is 9.40. The van der Waals surface area contributed by atoms with Gasteiger partial charge in [-0.15, -0.1) is 6.58 Å². The minimum Gasteiger partial charge on any atom is -0.496 e. The average molecular weight is 715 g/mol. The van der Waals surface area contributed by atoms with E-state index in [4.69, 9.17) is 14.2 Å². The number of methoxy groups -OCH3 is 2. The Labute approximate surface area is 313 Å². The highest BCUT2D eigenvalue weighted by Gasteiger charge is 2.37. The summed E-state index contributed by atoms with van der Waals surface area (Å²) in [5, 5.41) is 13.3. The molecule has 6 rings (SSSR count). The van der Waals surface area contributed by atoms with Crippen molar-refractivity contribution < 1.29 is 28.9 Å². The van der Waals surface area contributed by atoms with Gasteiger partial charge in [-0.2, -0.15) is 0 Å². The minimum atomic E-state index is -1.06. The number of hydrogen-bond donors (Lipinski definition) is 2. The van der Waals surface area contributed by atoms with Crippen LogP contribution in [0.25, 0.3) is 33.4 Å². The smallest absolute Gasteiger partial charge is 0.412 e. The maximum atomic E-state index is 11.8. The van der Waals surface area contributed by atoms with Crippen molar-refractivity contribution in [2.45, 2.75) is 58.7 Å². The number of carbonyl (C=O) groups is 2. The van der Waals surface area contributed by atoms with Gasteiger partial charge in [0.2, 0.25) is 0 Å². The van der Waals surface area contributed by atoms with E-state index < -0.39 is 11.6 Å². The number of rotatable bonds is 10. The summed E-state index contributed by atoms with van der Waals surface area (Å²) < 4.78 is 17.2. The second-order valence-corrected chi connectivity index (χ2v) is 14.6. The quantitative estimate of drug-likeness (QED) is 0.125. The van der Waals surface area contributed by atoms with Crippen LogP contribution in [0, 0.1) is 5.92 Å². The molecule has 0 saturated carbocycles. The standard InChI is InChI=1S/C25H31NO2.C20H19NO4/c1-7-14-28-24(17(2)3)21-16-25(4,5)26-22-13-12-18(15-20(21)22)19-10-8-9-11-23(19)27-6;1-20(2)11-14(12-22)16-10-13(8-9-17(16)21(20)19(23)24)15-6-4-5-7-18(15)25-3/h7-13,15-17,24,26H,1,14H2,2-6H3;4-12H,1-3H3,(H,23,24). The molecule has 4 aromatic carbocycles. The molecule has 2 N–H and O–H groups in total. The Morgan fingerprint density at radius 3 is 1.92 bits per heavy atom. The number of amides is 1. The Morgan fingerprint density at radius 2 is 1.40 bits per heavy atom. The molecule has 8 heteroatoms. The highest BCUT2D eigenvalue weighted by atomic mass is 16.5. The van der Waals surface area contributed by atoms with Gasteiger partial charge in [-0.05, 0) is 92.8 Å². The number of allylic oxidation sites excluding steroid dienone is 1. The fraction of sp³-hybridized carbons (Fsp3) is 0.289. The molecule has 8 nitrogen and oxygen atoms in total. The van der Waals surface area contributed by atoms with E-state index in [1.165, 1.54) is 16.0 Å². The Balaban J connectivity index is 0.000000206. The van der Waals surface area contributed by atoms with Gasteiger partial charge in [-0.25, -0.2) is 4.79 Å². The van der Waals surface area contributed by atoms with E-state index in [0.29, 0.717) is 35.1 Å². The molecule has 1 unspecified atom stereocenters. The monoisotopic (exact) mass is 714 g/mol. The van der Waals surface area contributed by atoms with Crippen molar-refractivity contribution in [1.29, 1.82) is 0 Å². The number of fused-ring (bicyclic) bond motifs is 2. The van der Waals surface area contributed by atoms with Crippen LogP contribution >= 0.6 is 0 Å². The molecule has 2 heterocycles. The molecule has 276 valence electrons. The number of carboxylic acid groups (broad SMARTS) is 1. The number of para-hydroxylation sites is 2. The van der Waals surface area contributed by atoms with Crippen molar-refractivity contribution in [3.63, 3.8) is 0 Å². The van der Waals surface area contributed by atoms with Crippen molar-refractivity contribution in [3.8, 4) is 33.8 Å². The van der Waals surface area contributed by atoms with Gasteiger partial charge in [0.05, 0.1) is 43.7 Å². The van der Waals surface area contributed by atoms with Crippen LogP contribution in [0.1, 0.15) is 52.7 Å². The van der Waals surface area contributed by atoms with Crippen LogP contribution in [-0.4, -0.2) is 55.5 Å². The van der Waals surface area contributed by atoms with Crippen LogP contribution in [0.5, 0.6) is 11.5 Å². The van der Waals surface area contributed by atoms with Gasteiger partial charge in [0.25, 0.3) is 0 Å². The largest absolute Gasteiger partial charge is 0.496 e. The third-order valence-electron chi connectivity index (χ3n) is 9.40. The lowest BCUT2D eigenvalue weighted by Crippen LogP contribution is -2.48. The van der Waals surface area contributed by atoms with Crippen molar-refractivity contribution >= 4 is 34.9 Å². The second kappa shape index (κ2) is 16.0. The Kier molecular flexibility index (Phi) is 11.6. The van der Waals surface area contributed by atoms with E-state index in [0.717, 1.165) is 40.0 Å². The molecular formula is C45H50N2O6. The third kappa shape index (κ3) is 8.23. The summed E-state index contributed by atoms with van der Waals surface area (Å²) in [6.07, 6.45) is 5.51. The lowest BCUT2D eigenvalue weighted by Gasteiger charge is -2.39. The molecule has 0 saturated heterocycles. The molecular weight excluding hydrogens is 665 g/mol. The van der Waals surface area contributed by atoms with Gasteiger partial charge in [0.15, 0.2) is 0 Å². The zero-order valence-electron chi connectivity index (χ0n) is 31.9. The zero-order valence-corrected chi connectivity index (χ0v) is 31.9. The SMILES string of the molecule is C=CCOC(C1=CC(C)(C)Nc2ccc(-c3ccccc3OC)cc21)C(C)C.COc1ccccc1-c1ccc2c(c1)C(C=O)=CC(C)(C)N2C(=O)O. The highest BCUT2D eigenvalue weighted by Crippen LogP contribution is 2.43. The predicted octanol–water partition coefficient (Wildman–Crippen LogP) is 10.4. The second-order valence-electron chi connectivity index (χ2n) is 14.6.